The zero-order valence-electron chi connectivity index (χ0n) is 15.0. The molecule has 1 N–H and O–H groups in total. The zero-order chi connectivity index (χ0) is 18.6. The van der Waals surface area contributed by atoms with Crippen LogP contribution in [-0.4, -0.2) is 41.2 Å². The maximum atomic E-state index is 13.1. The molecular weight excluding hydrogens is 361 g/mol. The lowest BCUT2D eigenvalue weighted by molar-refractivity contribution is 0.218. The number of benzene rings is 2. The second-order valence-corrected chi connectivity index (χ2v) is 7.65. The van der Waals surface area contributed by atoms with Crippen LogP contribution in [-0.2, 0) is 6.54 Å². The largest absolute Gasteiger partial charge is 0.381 e. The second-order valence-electron chi connectivity index (χ2n) is 6.72. The van der Waals surface area contributed by atoms with Crippen LogP contribution in [0.2, 0.25) is 0 Å². The van der Waals surface area contributed by atoms with Crippen LogP contribution in [0.4, 0.5) is 10.1 Å². The monoisotopic (exact) mass is 383 g/mol. The lowest BCUT2D eigenvalue weighted by Crippen LogP contribution is -2.46. The van der Waals surface area contributed by atoms with Crippen LogP contribution in [0.25, 0.3) is 0 Å². The number of rotatable bonds is 5. The summed E-state index contributed by atoms with van der Waals surface area (Å²) < 4.78 is 13.1. The molecule has 2 heterocycles. The summed E-state index contributed by atoms with van der Waals surface area (Å²) in [6.07, 6.45) is 1.03. The van der Waals surface area contributed by atoms with E-state index in [1.165, 1.54) is 23.5 Å². The molecule has 1 aliphatic rings. The summed E-state index contributed by atoms with van der Waals surface area (Å²) >= 11 is 1.47. The number of hydrogen-bond acceptors (Lipinski definition) is 5. The lowest BCUT2D eigenvalue weighted by atomic mass is 10.1. The van der Waals surface area contributed by atoms with Gasteiger partial charge in [0.1, 0.15) is 16.9 Å². The molecule has 0 radical (unpaired) electrons. The number of hydrogen-bond donors (Lipinski definition) is 1. The first-order valence-electron chi connectivity index (χ1n) is 9.09. The van der Waals surface area contributed by atoms with Gasteiger partial charge in [-0.1, -0.05) is 30.3 Å². The third-order valence-corrected chi connectivity index (χ3v) is 5.78. The normalized spacial score (nSPS) is 16.4. The highest BCUT2D eigenvalue weighted by atomic mass is 32.1. The van der Waals surface area contributed by atoms with Crippen molar-refractivity contribution in [2.45, 2.75) is 12.6 Å². The number of piperazine rings is 1. The molecule has 2 aromatic carbocycles. The Bertz CT molecular complexity index is 861. The van der Waals surface area contributed by atoms with E-state index in [2.05, 4.69) is 20.9 Å². The van der Waals surface area contributed by atoms with Crippen LogP contribution < -0.4 is 4.90 Å². The van der Waals surface area contributed by atoms with Crippen molar-refractivity contribution < 1.29 is 9.50 Å². The molecular formula is C21H22FN3OS. The van der Waals surface area contributed by atoms with Gasteiger partial charge in [0.15, 0.2) is 0 Å². The molecule has 1 fully saturated rings. The number of nitrogens with zero attached hydrogens (tertiary/aromatic N) is 3. The summed E-state index contributed by atoms with van der Waals surface area (Å²) in [7, 11) is 0. The van der Waals surface area contributed by atoms with Gasteiger partial charge >= 0.3 is 0 Å². The van der Waals surface area contributed by atoms with Crippen LogP contribution in [0.1, 0.15) is 22.2 Å². The summed E-state index contributed by atoms with van der Waals surface area (Å²) in [6, 6.07) is 14.7. The number of aromatic nitrogens is 1. The first kappa shape index (κ1) is 18.1. The Labute approximate surface area is 162 Å². The number of para-hydroxylation sites is 1. The average molecular weight is 383 g/mol. The highest BCUT2D eigenvalue weighted by molar-refractivity contribution is 7.09. The van der Waals surface area contributed by atoms with Gasteiger partial charge in [0.25, 0.3) is 0 Å². The first-order chi connectivity index (χ1) is 13.2. The second kappa shape index (κ2) is 8.17. The van der Waals surface area contributed by atoms with Gasteiger partial charge in [-0.25, -0.2) is 9.37 Å². The molecule has 1 aliphatic heterocycles. The van der Waals surface area contributed by atoms with E-state index < -0.39 is 6.10 Å². The Morgan fingerprint density at radius 3 is 2.48 bits per heavy atom. The molecule has 1 saturated heterocycles. The van der Waals surface area contributed by atoms with Crippen molar-refractivity contribution >= 4 is 17.0 Å². The van der Waals surface area contributed by atoms with Crippen molar-refractivity contribution in [2.24, 2.45) is 0 Å². The minimum atomic E-state index is -0.696. The van der Waals surface area contributed by atoms with Crippen molar-refractivity contribution in [1.82, 2.24) is 9.88 Å². The van der Waals surface area contributed by atoms with Gasteiger partial charge < -0.3 is 10.0 Å². The molecule has 0 amide bonds. The number of thiazole rings is 1. The Kier molecular flexibility index (Phi) is 5.48. The maximum Gasteiger partial charge on any atom is 0.132 e. The van der Waals surface area contributed by atoms with Crippen LogP contribution in [0, 0.1) is 5.82 Å². The zero-order valence-corrected chi connectivity index (χ0v) is 15.8. The molecule has 1 atom stereocenters. The van der Waals surface area contributed by atoms with Gasteiger partial charge in [0, 0.05) is 55.6 Å². The highest BCUT2D eigenvalue weighted by Crippen LogP contribution is 2.32. The molecule has 3 aromatic rings. The van der Waals surface area contributed by atoms with E-state index in [1.807, 2.05) is 35.7 Å². The molecule has 1 aromatic heterocycles. The fourth-order valence-corrected chi connectivity index (χ4v) is 4.14. The molecule has 0 spiro atoms. The van der Waals surface area contributed by atoms with Crippen LogP contribution in [0.15, 0.2) is 60.1 Å². The van der Waals surface area contributed by atoms with Crippen molar-refractivity contribution in [2.75, 3.05) is 31.1 Å². The maximum absolute atomic E-state index is 13.1. The topological polar surface area (TPSA) is 39.6 Å². The summed E-state index contributed by atoms with van der Waals surface area (Å²) in [4.78, 5) is 8.96. The molecule has 140 valence electrons. The molecule has 0 bridgehead atoms. The summed E-state index contributed by atoms with van der Waals surface area (Å²) in [5, 5.41) is 13.3. The van der Waals surface area contributed by atoms with E-state index >= 15 is 0 Å². The van der Waals surface area contributed by atoms with Gasteiger partial charge in [-0.15, -0.1) is 11.3 Å². The Balaban J connectivity index is 1.43. The predicted octanol–water partition coefficient (Wildman–Crippen LogP) is 3.69. The molecule has 0 aliphatic carbocycles. The van der Waals surface area contributed by atoms with Gasteiger partial charge in [-0.3, -0.25) is 4.90 Å². The van der Waals surface area contributed by atoms with Crippen molar-refractivity contribution in [3.05, 3.63) is 82.1 Å². The Morgan fingerprint density at radius 2 is 1.78 bits per heavy atom. The molecule has 0 saturated carbocycles. The fourth-order valence-electron chi connectivity index (χ4n) is 3.50. The molecule has 1 unspecified atom stereocenters. The third-order valence-electron chi connectivity index (χ3n) is 4.95. The predicted molar refractivity (Wildman–Crippen MR) is 107 cm³/mol. The summed E-state index contributed by atoms with van der Waals surface area (Å²) in [6.45, 7) is 4.47. The van der Waals surface area contributed by atoms with Crippen molar-refractivity contribution in [3.63, 3.8) is 0 Å². The number of anilines is 1. The van der Waals surface area contributed by atoms with Crippen LogP contribution in [0.3, 0.4) is 0 Å². The lowest BCUT2D eigenvalue weighted by Gasteiger charge is -2.37. The van der Waals surface area contributed by atoms with E-state index in [0.29, 0.717) is 0 Å². The van der Waals surface area contributed by atoms with Gasteiger partial charge in [-0.05, 0) is 23.8 Å². The fraction of sp³-hybridized carbons (Fsp3) is 0.286. The smallest absolute Gasteiger partial charge is 0.132 e. The van der Waals surface area contributed by atoms with E-state index in [-0.39, 0.29) is 5.82 Å². The minimum Gasteiger partial charge on any atom is -0.381 e. The minimum absolute atomic E-state index is 0.195. The van der Waals surface area contributed by atoms with Crippen molar-refractivity contribution in [1.29, 1.82) is 0 Å². The van der Waals surface area contributed by atoms with Crippen LogP contribution in [0.5, 0.6) is 0 Å². The summed E-state index contributed by atoms with van der Waals surface area (Å²) in [5.74, 6) is -0.195. The van der Waals surface area contributed by atoms with Crippen molar-refractivity contribution in [3.8, 4) is 0 Å². The van der Waals surface area contributed by atoms with Gasteiger partial charge in [0.2, 0.25) is 0 Å². The molecule has 4 rings (SSSR count). The Hall–Kier alpha value is -2.28. The number of halogens is 1. The van der Waals surface area contributed by atoms with E-state index in [0.717, 1.165) is 54.5 Å². The Morgan fingerprint density at radius 1 is 1.04 bits per heavy atom. The van der Waals surface area contributed by atoms with Gasteiger partial charge in [0.05, 0.1) is 0 Å². The first-order valence-corrected chi connectivity index (χ1v) is 9.97. The van der Waals surface area contributed by atoms with E-state index in [9.17, 15) is 9.50 Å². The highest BCUT2D eigenvalue weighted by Gasteiger charge is 2.23. The molecule has 4 nitrogen and oxygen atoms in total. The quantitative estimate of drug-likeness (QED) is 0.730. The molecule has 6 heteroatoms. The van der Waals surface area contributed by atoms with E-state index in [4.69, 9.17) is 0 Å². The number of aliphatic hydroxyl groups is 1. The molecule has 27 heavy (non-hydrogen) atoms. The van der Waals surface area contributed by atoms with E-state index in [1.54, 1.807) is 6.20 Å². The average Bonchev–Trinajstić information content (AvgIpc) is 3.25. The standard InChI is InChI=1S/C21H22FN3OS/c22-17-7-5-16(6-8-17)15-24-10-12-25(13-11-24)19-4-2-1-3-18(19)20(26)21-23-9-14-27-21/h1-9,14,20,26H,10-13,15H2. The third kappa shape index (κ3) is 4.18. The summed E-state index contributed by atoms with van der Waals surface area (Å²) in [5.41, 5.74) is 3.10. The SMILES string of the molecule is OC(c1nccs1)c1ccccc1N1CCN(Cc2ccc(F)cc2)CC1. The van der Waals surface area contributed by atoms with Crippen LogP contribution >= 0.6 is 11.3 Å². The van der Waals surface area contributed by atoms with Gasteiger partial charge in [-0.2, -0.15) is 0 Å². The number of aliphatic hydroxyl groups excluding tert-OH is 1.